The van der Waals surface area contributed by atoms with E-state index in [1.54, 1.807) is 6.07 Å². The van der Waals surface area contributed by atoms with Gasteiger partial charge in [0.2, 0.25) is 11.8 Å². The number of benzene rings is 2. The number of likely N-dealkylation sites (tertiary alicyclic amines) is 1. The van der Waals surface area contributed by atoms with Crippen molar-refractivity contribution in [3.63, 3.8) is 0 Å². The number of carbonyl (C=O) groups is 2. The molecular formula is C22H25Cl2N3O2. The normalized spacial score (nSPS) is 14.8. The lowest BCUT2D eigenvalue weighted by atomic mass is 9.95. The zero-order chi connectivity index (χ0) is 20.8. The van der Waals surface area contributed by atoms with Crippen molar-refractivity contribution in [3.8, 4) is 0 Å². The van der Waals surface area contributed by atoms with E-state index in [0.717, 1.165) is 11.3 Å². The lowest BCUT2D eigenvalue weighted by Gasteiger charge is -2.32. The number of likely N-dealkylation sites (N-methyl/N-ethyl adjacent to an activating group) is 1. The number of rotatable bonds is 6. The number of nitrogens with zero attached hydrogens (tertiary/aromatic N) is 2. The van der Waals surface area contributed by atoms with Crippen molar-refractivity contribution in [2.45, 2.75) is 19.4 Å². The molecule has 3 rings (SSSR count). The van der Waals surface area contributed by atoms with Crippen LogP contribution in [0.5, 0.6) is 0 Å². The number of hydrogen-bond donors (Lipinski definition) is 1. The van der Waals surface area contributed by atoms with Crippen LogP contribution in [0.3, 0.4) is 0 Å². The zero-order valence-corrected chi connectivity index (χ0v) is 17.9. The van der Waals surface area contributed by atoms with Crippen LogP contribution in [0.1, 0.15) is 18.4 Å². The van der Waals surface area contributed by atoms with Gasteiger partial charge in [-0.3, -0.25) is 14.5 Å². The summed E-state index contributed by atoms with van der Waals surface area (Å²) < 4.78 is 0. The molecule has 154 valence electrons. The van der Waals surface area contributed by atoms with E-state index < -0.39 is 0 Å². The van der Waals surface area contributed by atoms with E-state index in [0.29, 0.717) is 49.1 Å². The second-order valence-electron chi connectivity index (χ2n) is 7.40. The largest absolute Gasteiger partial charge is 0.342 e. The van der Waals surface area contributed by atoms with Crippen LogP contribution in [0.4, 0.5) is 5.69 Å². The molecule has 0 atom stereocenters. The molecule has 0 spiro atoms. The Morgan fingerprint density at radius 1 is 1.07 bits per heavy atom. The molecule has 1 saturated heterocycles. The molecule has 1 N–H and O–H groups in total. The molecule has 2 aromatic carbocycles. The van der Waals surface area contributed by atoms with Crippen LogP contribution in [0.2, 0.25) is 10.0 Å². The summed E-state index contributed by atoms with van der Waals surface area (Å²) in [5.41, 5.74) is 1.70. The Kier molecular flexibility index (Phi) is 7.53. The molecule has 0 aliphatic carbocycles. The van der Waals surface area contributed by atoms with Gasteiger partial charge in [-0.1, -0.05) is 53.5 Å². The minimum absolute atomic E-state index is 0.0241. The van der Waals surface area contributed by atoms with Crippen molar-refractivity contribution in [1.82, 2.24) is 9.80 Å². The van der Waals surface area contributed by atoms with Gasteiger partial charge in [0.1, 0.15) is 0 Å². The van der Waals surface area contributed by atoms with Gasteiger partial charge in [-0.15, -0.1) is 0 Å². The van der Waals surface area contributed by atoms with Crippen LogP contribution in [-0.2, 0) is 16.1 Å². The molecule has 2 aromatic rings. The molecule has 1 fully saturated rings. The van der Waals surface area contributed by atoms with Crippen LogP contribution < -0.4 is 5.32 Å². The van der Waals surface area contributed by atoms with Crippen molar-refractivity contribution in [1.29, 1.82) is 0 Å². The number of carbonyl (C=O) groups excluding carboxylic acids is 2. The minimum Gasteiger partial charge on any atom is -0.342 e. The van der Waals surface area contributed by atoms with Gasteiger partial charge >= 0.3 is 0 Å². The van der Waals surface area contributed by atoms with E-state index in [2.05, 4.69) is 5.32 Å². The summed E-state index contributed by atoms with van der Waals surface area (Å²) in [6, 6.07) is 15.0. The Labute approximate surface area is 181 Å². The number of amides is 2. The molecule has 0 aromatic heterocycles. The highest BCUT2D eigenvalue weighted by Gasteiger charge is 2.27. The molecule has 0 bridgehead atoms. The van der Waals surface area contributed by atoms with Crippen molar-refractivity contribution in [2.75, 3.05) is 32.0 Å². The first-order chi connectivity index (χ1) is 13.9. The molecule has 0 radical (unpaired) electrons. The Balaban J connectivity index is 1.46. The molecule has 1 heterocycles. The predicted molar refractivity (Wildman–Crippen MR) is 117 cm³/mol. The van der Waals surface area contributed by atoms with Gasteiger partial charge in [0.05, 0.1) is 16.6 Å². The van der Waals surface area contributed by atoms with E-state index in [1.165, 1.54) is 0 Å². The maximum absolute atomic E-state index is 12.6. The molecule has 1 aliphatic rings. The van der Waals surface area contributed by atoms with Crippen molar-refractivity contribution < 1.29 is 9.59 Å². The summed E-state index contributed by atoms with van der Waals surface area (Å²) >= 11 is 12.3. The Hall–Kier alpha value is -2.08. The summed E-state index contributed by atoms with van der Waals surface area (Å²) in [5, 5.41) is 3.99. The summed E-state index contributed by atoms with van der Waals surface area (Å²) in [6.45, 7) is 2.03. The maximum Gasteiger partial charge on any atom is 0.236 e. The topological polar surface area (TPSA) is 52.7 Å². The molecule has 7 heteroatoms. The number of anilines is 1. The first-order valence-corrected chi connectivity index (χ1v) is 10.4. The SMILES string of the molecule is CN(CC(=O)N1CCC(C(=O)Nc2ccccc2)CC1)Cc1cccc(Cl)c1Cl. The minimum atomic E-state index is -0.0674. The maximum atomic E-state index is 12.6. The third-order valence-electron chi connectivity index (χ3n) is 5.14. The van der Waals surface area contributed by atoms with Gasteiger partial charge in [-0.2, -0.15) is 0 Å². The van der Waals surface area contributed by atoms with Crippen LogP contribution in [0.15, 0.2) is 48.5 Å². The van der Waals surface area contributed by atoms with E-state index >= 15 is 0 Å². The molecular weight excluding hydrogens is 409 g/mol. The van der Waals surface area contributed by atoms with Crippen LogP contribution >= 0.6 is 23.2 Å². The monoisotopic (exact) mass is 433 g/mol. The predicted octanol–water partition coefficient (Wildman–Crippen LogP) is 4.30. The summed E-state index contributed by atoms with van der Waals surface area (Å²) in [6.07, 6.45) is 1.35. The number of para-hydroxylation sites is 1. The second-order valence-corrected chi connectivity index (χ2v) is 8.18. The lowest BCUT2D eigenvalue weighted by molar-refractivity contribution is -0.135. The first-order valence-electron chi connectivity index (χ1n) is 9.69. The zero-order valence-electron chi connectivity index (χ0n) is 16.4. The van der Waals surface area contributed by atoms with Crippen LogP contribution in [0, 0.1) is 5.92 Å². The Morgan fingerprint density at radius 3 is 2.45 bits per heavy atom. The fourth-order valence-corrected chi connectivity index (χ4v) is 3.88. The third-order valence-corrected chi connectivity index (χ3v) is 5.99. The molecule has 5 nitrogen and oxygen atoms in total. The van der Waals surface area contributed by atoms with E-state index in [9.17, 15) is 9.59 Å². The number of piperidine rings is 1. The van der Waals surface area contributed by atoms with Gasteiger partial charge in [-0.05, 0) is 43.7 Å². The average molecular weight is 434 g/mol. The molecule has 0 saturated carbocycles. The highest BCUT2D eigenvalue weighted by molar-refractivity contribution is 6.42. The highest BCUT2D eigenvalue weighted by atomic mass is 35.5. The molecule has 29 heavy (non-hydrogen) atoms. The van der Waals surface area contributed by atoms with Gasteiger partial charge in [0, 0.05) is 31.2 Å². The molecule has 2 amide bonds. The standard InChI is InChI=1S/C22H25Cl2N3O2/c1-26(14-17-6-5-9-19(23)21(17)24)15-20(28)27-12-10-16(11-13-27)22(29)25-18-7-3-2-4-8-18/h2-9,16H,10-15H2,1H3,(H,25,29). The van der Waals surface area contributed by atoms with Gasteiger partial charge in [-0.25, -0.2) is 0 Å². The first kappa shape index (κ1) is 21.6. The smallest absolute Gasteiger partial charge is 0.236 e. The van der Waals surface area contributed by atoms with Crippen molar-refractivity contribution in [3.05, 3.63) is 64.1 Å². The fourth-order valence-electron chi connectivity index (χ4n) is 3.51. The average Bonchev–Trinajstić information content (AvgIpc) is 2.72. The van der Waals surface area contributed by atoms with Crippen LogP contribution in [-0.4, -0.2) is 48.3 Å². The van der Waals surface area contributed by atoms with E-state index in [1.807, 2.05) is 59.3 Å². The van der Waals surface area contributed by atoms with E-state index in [4.69, 9.17) is 23.2 Å². The van der Waals surface area contributed by atoms with Crippen molar-refractivity contribution >= 4 is 40.7 Å². The van der Waals surface area contributed by atoms with E-state index in [-0.39, 0.29) is 17.7 Å². The Morgan fingerprint density at radius 2 is 1.76 bits per heavy atom. The molecule has 0 unspecified atom stereocenters. The highest BCUT2D eigenvalue weighted by Crippen LogP contribution is 2.26. The third kappa shape index (κ3) is 5.95. The van der Waals surface area contributed by atoms with Gasteiger partial charge < -0.3 is 10.2 Å². The fraction of sp³-hybridized carbons (Fsp3) is 0.364. The lowest BCUT2D eigenvalue weighted by Crippen LogP contribution is -2.45. The van der Waals surface area contributed by atoms with Crippen molar-refractivity contribution in [2.24, 2.45) is 5.92 Å². The summed E-state index contributed by atoms with van der Waals surface area (Å²) in [4.78, 5) is 28.8. The number of halogens is 2. The summed E-state index contributed by atoms with van der Waals surface area (Å²) in [7, 11) is 1.88. The second kappa shape index (κ2) is 10.1. The number of hydrogen-bond acceptors (Lipinski definition) is 3. The quantitative estimate of drug-likeness (QED) is 0.738. The number of nitrogens with one attached hydrogen (secondary N) is 1. The van der Waals surface area contributed by atoms with Gasteiger partial charge in [0.15, 0.2) is 0 Å². The Bertz CT molecular complexity index is 852. The van der Waals surface area contributed by atoms with Gasteiger partial charge in [0.25, 0.3) is 0 Å². The van der Waals surface area contributed by atoms with Crippen LogP contribution in [0.25, 0.3) is 0 Å². The summed E-state index contributed by atoms with van der Waals surface area (Å²) in [5.74, 6) is 0.0193. The molecule has 1 aliphatic heterocycles.